The first-order valence-corrected chi connectivity index (χ1v) is 18.1. The summed E-state index contributed by atoms with van der Waals surface area (Å²) in [5.41, 5.74) is 17.2. The Hall–Kier alpha value is -6.38. The van der Waals surface area contributed by atoms with Crippen LogP contribution in [0.1, 0.15) is 47.2 Å². The van der Waals surface area contributed by atoms with Gasteiger partial charge in [-0.05, 0) is 67.8 Å². The maximum Gasteiger partial charge on any atom is 0.160 e. The third-order valence-electron chi connectivity index (χ3n) is 11.4. The molecule has 0 bridgehead atoms. The Kier molecular flexibility index (Phi) is 6.78. The van der Waals surface area contributed by atoms with E-state index >= 15 is 0 Å². The molecular formula is C50H36N2. The van der Waals surface area contributed by atoms with E-state index in [1.165, 1.54) is 44.5 Å². The fraction of sp³-hybridized carbons (Fsp3) is 0.0800. The van der Waals surface area contributed by atoms with Crippen molar-refractivity contribution in [2.24, 2.45) is 0 Å². The lowest BCUT2D eigenvalue weighted by atomic mass is 9.55. The molecule has 52 heavy (non-hydrogen) atoms. The maximum atomic E-state index is 5.39. The van der Waals surface area contributed by atoms with Gasteiger partial charge in [0.15, 0.2) is 5.82 Å². The molecule has 0 radical (unpaired) electrons. The Bertz CT molecular complexity index is 2600. The summed E-state index contributed by atoms with van der Waals surface area (Å²) in [5.74, 6) is 0.714. The van der Waals surface area contributed by atoms with Crippen LogP contribution in [0.15, 0.2) is 182 Å². The fourth-order valence-corrected chi connectivity index (χ4v) is 9.05. The van der Waals surface area contributed by atoms with Crippen molar-refractivity contribution < 1.29 is 0 Å². The molecule has 0 saturated heterocycles. The SMILES string of the molecule is CC1(C)c2ccccc2C2(c3ccccc3-c3ccc(-c4nc(-c5ccccc5)cc(-c5ccccc5-c5ccccc5)n4)cc32)c2ccccc21. The van der Waals surface area contributed by atoms with E-state index in [0.717, 1.165) is 39.2 Å². The molecule has 2 nitrogen and oxygen atoms in total. The Labute approximate surface area is 305 Å². The van der Waals surface area contributed by atoms with Crippen LogP contribution in [-0.4, -0.2) is 9.97 Å². The first kappa shape index (κ1) is 30.4. The standard InChI is InChI=1S/C50H36N2/c1-49(2)41-25-13-15-27-43(41)50(44-28-16-14-26-42(44)49)40-24-12-11-22-37(40)38-30-29-35(31-45(38)50)48-51-46(34-19-7-4-8-20-34)32-47(52-48)39-23-10-9-21-36(39)33-17-5-3-6-18-33/h3-32H,1-2H3. The summed E-state index contributed by atoms with van der Waals surface area (Å²) in [6.45, 7) is 4.74. The molecule has 1 aromatic heterocycles. The Morgan fingerprint density at radius 1 is 0.327 bits per heavy atom. The van der Waals surface area contributed by atoms with Gasteiger partial charge in [0.2, 0.25) is 0 Å². The number of hydrogen-bond acceptors (Lipinski definition) is 2. The highest BCUT2D eigenvalue weighted by molar-refractivity contribution is 5.90. The van der Waals surface area contributed by atoms with Crippen LogP contribution >= 0.6 is 0 Å². The molecule has 0 N–H and O–H groups in total. The van der Waals surface area contributed by atoms with E-state index in [1.807, 2.05) is 0 Å². The zero-order valence-electron chi connectivity index (χ0n) is 29.2. The Morgan fingerprint density at radius 2 is 0.808 bits per heavy atom. The molecule has 0 atom stereocenters. The van der Waals surface area contributed by atoms with Crippen LogP contribution in [0, 0.1) is 0 Å². The molecule has 1 spiro atoms. The first-order valence-electron chi connectivity index (χ1n) is 18.1. The number of benzene rings is 7. The number of hydrogen-bond donors (Lipinski definition) is 0. The van der Waals surface area contributed by atoms with Crippen molar-refractivity contribution in [3.63, 3.8) is 0 Å². The van der Waals surface area contributed by atoms with Crippen molar-refractivity contribution in [3.05, 3.63) is 215 Å². The third-order valence-corrected chi connectivity index (χ3v) is 11.4. The van der Waals surface area contributed by atoms with Gasteiger partial charge in [-0.2, -0.15) is 0 Å². The monoisotopic (exact) mass is 664 g/mol. The molecule has 10 rings (SSSR count). The van der Waals surface area contributed by atoms with Gasteiger partial charge in [-0.3, -0.25) is 0 Å². The summed E-state index contributed by atoms with van der Waals surface area (Å²) < 4.78 is 0. The Balaban J connectivity index is 1.25. The number of rotatable bonds is 4. The lowest BCUT2D eigenvalue weighted by Crippen LogP contribution is -2.40. The number of aromatic nitrogens is 2. The van der Waals surface area contributed by atoms with Crippen LogP contribution in [0.2, 0.25) is 0 Å². The molecule has 1 heterocycles. The summed E-state index contributed by atoms with van der Waals surface area (Å²) in [6.07, 6.45) is 0. The smallest absolute Gasteiger partial charge is 0.160 e. The van der Waals surface area contributed by atoms with Crippen LogP contribution in [-0.2, 0) is 10.8 Å². The highest BCUT2D eigenvalue weighted by Gasteiger charge is 2.53. The van der Waals surface area contributed by atoms with Gasteiger partial charge in [0.25, 0.3) is 0 Å². The van der Waals surface area contributed by atoms with E-state index in [4.69, 9.17) is 9.97 Å². The molecule has 8 aromatic rings. The minimum Gasteiger partial charge on any atom is -0.228 e. The predicted octanol–water partition coefficient (Wildman–Crippen LogP) is 12.1. The van der Waals surface area contributed by atoms with Gasteiger partial charge in [0.05, 0.1) is 16.8 Å². The number of fused-ring (bicyclic) bond motifs is 9. The van der Waals surface area contributed by atoms with E-state index in [-0.39, 0.29) is 5.41 Å². The third kappa shape index (κ3) is 4.37. The minimum absolute atomic E-state index is 0.151. The molecule has 0 amide bonds. The highest BCUT2D eigenvalue weighted by atomic mass is 14.9. The zero-order chi connectivity index (χ0) is 34.9. The van der Waals surface area contributed by atoms with Crippen LogP contribution in [0.4, 0.5) is 0 Å². The summed E-state index contributed by atoms with van der Waals surface area (Å²) in [7, 11) is 0. The molecule has 2 heteroatoms. The quantitative estimate of drug-likeness (QED) is 0.187. The van der Waals surface area contributed by atoms with E-state index in [2.05, 4.69) is 196 Å². The second-order valence-corrected chi connectivity index (χ2v) is 14.5. The summed E-state index contributed by atoms with van der Waals surface area (Å²) in [5, 5.41) is 0. The molecule has 0 saturated carbocycles. The topological polar surface area (TPSA) is 25.8 Å². The van der Waals surface area contributed by atoms with Crippen molar-refractivity contribution in [2.45, 2.75) is 24.7 Å². The molecule has 0 aliphatic heterocycles. The van der Waals surface area contributed by atoms with E-state index in [0.29, 0.717) is 5.82 Å². The van der Waals surface area contributed by atoms with Crippen molar-refractivity contribution in [2.75, 3.05) is 0 Å². The normalized spacial score (nSPS) is 14.3. The van der Waals surface area contributed by atoms with Gasteiger partial charge in [-0.15, -0.1) is 0 Å². The van der Waals surface area contributed by atoms with Gasteiger partial charge < -0.3 is 0 Å². The van der Waals surface area contributed by atoms with Gasteiger partial charge in [0.1, 0.15) is 0 Å². The van der Waals surface area contributed by atoms with E-state index < -0.39 is 5.41 Å². The fourth-order valence-electron chi connectivity index (χ4n) is 9.05. The van der Waals surface area contributed by atoms with Crippen LogP contribution in [0.25, 0.3) is 56.2 Å². The maximum absolute atomic E-state index is 5.39. The lowest BCUT2D eigenvalue weighted by molar-refractivity contribution is 0.563. The van der Waals surface area contributed by atoms with Crippen molar-refractivity contribution in [1.29, 1.82) is 0 Å². The van der Waals surface area contributed by atoms with E-state index in [9.17, 15) is 0 Å². The molecule has 2 aliphatic carbocycles. The average molecular weight is 665 g/mol. The van der Waals surface area contributed by atoms with Crippen LogP contribution in [0.3, 0.4) is 0 Å². The largest absolute Gasteiger partial charge is 0.228 e. The second kappa shape index (κ2) is 11.6. The summed E-state index contributed by atoms with van der Waals surface area (Å²) in [4.78, 5) is 10.7. The zero-order valence-corrected chi connectivity index (χ0v) is 29.2. The molecular weight excluding hydrogens is 629 g/mol. The van der Waals surface area contributed by atoms with Crippen LogP contribution in [0.5, 0.6) is 0 Å². The predicted molar refractivity (Wildman–Crippen MR) is 213 cm³/mol. The van der Waals surface area contributed by atoms with Crippen LogP contribution < -0.4 is 0 Å². The second-order valence-electron chi connectivity index (χ2n) is 14.5. The van der Waals surface area contributed by atoms with Crippen molar-refractivity contribution in [3.8, 4) is 56.2 Å². The number of nitrogens with zero attached hydrogens (tertiary/aromatic N) is 2. The highest BCUT2D eigenvalue weighted by Crippen LogP contribution is 2.62. The average Bonchev–Trinajstić information content (AvgIpc) is 3.51. The molecule has 0 unspecified atom stereocenters. The van der Waals surface area contributed by atoms with Gasteiger partial charge in [-0.1, -0.05) is 184 Å². The minimum atomic E-state index is -0.482. The van der Waals surface area contributed by atoms with Crippen molar-refractivity contribution >= 4 is 0 Å². The van der Waals surface area contributed by atoms with Gasteiger partial charge in [-0.25, -0.2) is 9.97 Å². The molecule has 2 aliphatic rings. The lowest BCUT2D eigenvalue weighted by Gasteiger charge is -2.46. The van der Waals surface area contributed by atoms with Crippen molar-refractivity contribution in [1.82, 2.24) is 9.97 Å². The molecule has 7 aromatic carbocycles. The molecule has 246 valence electrons. The summed E-state index contributed by atoms with van der Waals surface area (Å²) >= 11 is 0. The summed E-state index contributed by atoms with van der Waals surface area (Å²) in [6, 6.07) is 65.8. The van der Waals surface area contributed by atoms with Gasteiger partial charge >= 0.3 is 0 Å². The van der Waals surface area contributed by atoms with Gasteiger partial charge in [0, 0.05) is 22.1 Å². The first-order chi connectivity index (χ1) is 25.5. The molecule has 0 fully saturated rings. The van der Waals surface area contributed by atoms with E-state index in [1.54, 1.807) is 0 Å². The Morgan fingerprint density at radius 3 is 1.46 bits per heavy atom.